The van der Waals surface area contributed by atoms with E-state index in [0.717, 1.165) is 19.5 Å². The highest BCUT2D eigenvalue weighted by molar-refractivity contribution is 5.82. The lowest BCUT2D eigenvalue weighted by Gasteiger charge is -2.28. The van der Waals surface area contributed by atoms with Crippen LogP contribution in [0.25, 0.3) is 0 Å². The highest BCUT2D eigenvalue weighted by Gasteiger charge is 2.34. The number of carboxylic acid groups (broad SMARTS) is 1. The maximum absolute atomic E-state index is 11.9. The standard InChI is InChI=1S/C14H24N2O4/c1-16-8-5-10(6-9-16)4-7-15-13(17)11-2-3-12(20-11)14(18)19/h10-12H,2-9H2,1H3,(H,15,17)(H,18,19)/t11-,12+/m0/s1. The third kappa shape index (κ3) is 4.18. The summed E-state index contributed by atoms with van der Waals surface area (Å²) in [6.07, 6.45) is 2.88. The molecule has 0 aromatic heterocycles. The Bertz CT molecular complexity index is 353. The largest absolute Gasteiger partial charge is 0.479 e. The van der Waals surface area contributed by atoms with Crippen molar-refractivity contribution in [2.75, 3.05) is 26.7 Å². The lowest BCUT2D eigenvalue weighted by Crippen LogP contribution is -2.37. The predicted octanol–water partition coefficient (Wildman–Crippen LogP) is 0.467. The first-order chi connectivity index (χ1) is 9.56. The topological polar surface area (TPSA) is 78.9 Å². The first-order valence-electron chi connectivity index (χ1n) is 7.41. The molecule has 2 rings (SSSR count). The summed E-state index contributed by atoms with van der Waals surface area (Å²) in [6.45, 7) is 2.92. The number of nitrogens with one attached hydrogen (secondary N) is 1. The summed E-state index contributed by atoms with van der Waals surface area (Å²) in [7, 11) is 2.13. The molecule has 2 heterocycles. The van der Waals surface area contributed by atoms with Crippen molar-refractivity contribution < 1.29 is 19.4 Å². The van der Waals surface area contributed by atoms with Gasteiger partial charge < -0.3 is 20.1 Å². The summed E-state index contributed by atoms with van der Waals surface area (Å²) in [5, 5.41) is 11.7. The Hall–Kier alpha value is -1.14. The molecule has 0 spiro atoms. The highest BCUT2D eigenvalue weighted by Crippen LogP contribution is 2.21. The van der Waals surface area contributed by atoms with Crippen LogP contribution in [0.4, 0.5) is 0 Å². The number of hydrogen-bond donors (Lipinski definition) is 2. The first-order valence-corrected chi connectivity index (χ1v) is 7.41. The van der Waals surface area contributed by atoms with Gasteiger partial charge >= 0.3 is 5.97 Å². The minimum atomic E-state index is -0.980. The zero-order valence-corrected chi connectivity index (χ0v) is 12.0. The van der Waals surface area contributed by atoms with Crippen molar-refractivity contribution in [3.8, 4) is 0 Å². The number of amides is 1. The quantitative estimate of drug-likeness (QED) is 0.767. The highest BCUT2D eigenvalue weighted by atomic mass is 16.5. The van der Waals surface area contributed by atoms with Crippen molar-refractivity contribution in [1.82, 2.24) is 10.2 Å². The second-order valence-corrected chi connectivity index (χ2v) is 5.86. The number of likely N-dealkylation sites (tertiary alicyclic amines) is 1. The maximum Gasteiger partial charge on any atom is 0.332 e. The van der Waals surface area contributed by atoms with Gasteiger partial charge in [0.25, 0.3) is 0 Å². The molecule has 0 saturated carbocycles. The lowest BCUT2D eigenvalue weighted by atomic mass is 9.94. The van der Waals surface area contributed by atoms with Crippen molar-refractivity contribution in [3.63, 3.8) is 0 Å². The van der Waals surface area contributed by atoms with Crippen molar-refractivity contribution >= 4 is 11.9 Å². The van der Waals surface area contributed by atoms with E-state index < -0.39 is 18.2 Å². The van der Waals surface area contributed by atoms with Crippen LogP contribution in [0.1, 0.15) is 32.1 Å². The number of rotatable bonds is 5. The van der Waals surface area contributed by atoms with Crippen molar-refractivity contribution in [3.05, 3.63) is 0 Å². The molecule has 6 nitrogen and oxygen atoms in total. The molecule has 0 aromatic rings. The van der Waals surface area contributed by atoms with E-state index in [1.165, 1.54) is 12.8 Å². The Morgan fingerprint density at radius 2 is 1.85 bits per heavy atom. The van der Waals surface area contributed by atoms with E-state index in [0.29, 0.717) is 25.3 Å². The van der Waals surface area contributed by atoms with Gasteiger partial charge in [-0.3, -0.25) is 4.79 Å². The Morgan fingerprint density at radius 1 is 1.20 bits per heavy atom. The average molecular weight is 284 g/mol. The molecule has 0 radical (unpaired) electrons. The molecule has 0 bridgehead atoms. The third-order valence-corrected chi connectivity index (χ3v) is 4.28. The van der Waals surface area contributed by atoms with Gasteiger partial charge in [-0.25, -0.2) is 4.79 Å². The number of piperidine rings is 1. The molecular weight excluding hydrogens is 260 g/mol. The number of aliphatic carboxylic acids is 1. The van der Waals surface area contributed by atoms with E-state index in [4.69, 9.17) is 9.84 Å². The van der Waals surface area contributed by atoms with Gasteiger partial charge in [0, 0.05) is 6.54 Å². The maximum atomic E-state index is 11.9. The number of carbonyl (C=O) groups excluding carboxylic acids is 1. The molecule has 6 heteroatoms. The molecule has 0 aliphatic carbocycles. The average Bonchev–Trinajstić information content (AvgIpc) is 2.91. The van der Waals surface area contributed by atoms with Crippen molar-refractivity contribution in [2.45, 2.75) is 44.3 Å². The smallest absolute Gasteiger partial charge is 0.332 e. The fourth-order valence-electron chi connectivity index (χ4n) is 2.88. The molecule has 1 amide bonds. The number of hydrogen-bond acceptors (Lipinski definition) is 4. The monoisotopic (exact) mass is 284 g/mol. The lowest BCUT2D eigenvalue weighted by molar-refractivity contribution is -0.151. The van der Waals surface area contributed by atoms with Gasteiger partial charge in [-0.05, 0) is 58.2 Å². The van der Waals surface area contributed by atoms with Gasteiger partial charge in [0.15, 0.2) is 6.10 Å². The zero-order valence-electron chi connectivity index (χ0n) is 12.0. The number of carboxylic acids is 1. The molecule has 2 fully saturated rings. The van der Waals surface area contributed by atoms with Crippen LogP contribution in [-0.2, 0) is 14.3 Å². The molecule has 2 aliphatic rings. The van der Waals surface area contributed by atoms with E-state index in [2.05, 4.69) is 17.3 Å². The van der Waals surface area contributed by atoms with Gasteiger partial charge in [0.05, 0.1) is 0 Å². The molecule has 2 atom stereocenters. The van der Waals surface area contributed by atoms with Gasteiger partial charge in [0.1, 0.15) is 6.10 Å². The van der Waals surface area contributed by atoms with Gasteiger partial charge in [-0.1, -0.05) is 0 Å². The molecule has 0 aromatic carbocycles. The van der Waals surface area contributed by atoms with Gasteiger partial charge in [-0.2, -0.15) is 0 Å². The fourth-order valence-corrected chi connectivity index (χ4v) is 2.88. The minimum Gasteiger partial charge on any atom is -0.479 e. The van der Waals surface area contributed by atoms with Crippen molar-refractivity contribution in [1.29, 1.82) is 0 Å². The van der Waals surface area contributed by atoms with Crippen LogP contribution in [0.5, 0.6) is 0 Å². The first kappa shape index (κ1) is 15.3. The molecule has 20 heavy (non-hydrogen) atoms. The molecular formula is C14H24N2O4. The normalized spacial score (nSPS) is 28.4. The minimum absolute atomic E-state index is 0.165. The summed E-state index contributed by atoms with van der Waals surface area (Å²) in [5.41, 5.74) is 0. The summed E-state index contributed by atoms with van der Waals surface area (Å²) in [5.74, 6) is -0.462. The second-order valence-electron chi connectivity index (χ2n) is 5.86. The Labute approximate surface area is 119 Å². The molecule has 0 unspecified atom stereocenters. The molecule has 114 valence electrons. The van der Waals surface area contributed by atoms with E-state index in [1.807, 2.05) is 0 Å². The third-order valence-electron chi connectivity index (χ3n) is 4.28. The Morgan fingerprint density at radius 3 is 2.45 bits per heavy atom. The van der Waals surface area contributed by atoms with Crippen LogP contribution >= 0.6 is 0 Å². The zero-order chi connectivity index (χ0) is 14.5. The Kier molecular flexibility index (Phi) is 5.37. The van der Waals surface area contributed by atoms with E-state index >= 15 is 0 Å². The number of ether oxygens (including phenoxy) is 1. The van der Waals surface area contributed by atoms with Gasteiger partial charge in [0.2, 0.25) is 5.91 Å². The van der Waals surface area contributed by atoms with Crippen LogP contribution in [-0.4, -0.2) is 60.8 Å². The number of nitrogens with zero attached hydrogens (tertiary/aromatic N) is 1. The van der Waals surface area contributed by atoms with E-state index in [9.17, 15) is 9.59 Å². The summed E-state index contributed by atoms with van der Waals surface area (Å²) in [6, 6.07) is 0. The summed E-state index contributed by atoms with van der Waals surface area (Å²) < 4.78 is 5.22. The molecule has 2 saturated heterocycles. The Balaban J connectivity index is 1.62. The second kappa shape index (κ2) is 7.04. The predicted molar refractivity (Wildman–Crippen MR) is 73.4 cm³/mol. The number of carbonyl (C=O) groups is 2. The van der Waals surface area contributed by atoms with E-state index in [1.54, 1.807) is 0 Å². The molecule has 2 aliphatic heterocycles. The summed E-state index contributed by atoms with van der Waals surface area (Å²) in [4.78, 5) is 25.0. The van der Waals surface area contributed by atoms with Crippen LogP contribution in [0.2, 0.25) is 0 Å². The van der Waals surface area contributed by atoms with Crippen LogP contribution in [0.3, 0.4) is 0 Å². The van der Waals surface area contributed by atoms with Gasteiger partial charge in [-0.15, -0.1) is 0 Å². The van der Waals surface area contributed by atoms with E-state index in [-0.39, 0.29) is 5.91 Å². The van der Waals surface area contributed by atoms with Crippen molar-refractivity contribution in [2.24, 2.45) is 5.92 Å². The summed E-state index contributed by atoms with van der Waals surface area (Å²) >= 11 is 0. The van der Waals surface area contributed by atoms with Crippen LogP contribution < -0.4 is 5.32 Å². The van der Waals surface area contributed by atoms with Crippen LogP contribution in [0.15, 0.2) is 0 Å². The SMILES string of the molecule is CN1CCC(CCNC(=O)[C@@H]2CC[C@H](C(=O)O)O2)CC1. The van der Waals surface area contributed by atoms with Crippen LogP contribution in [0, 0.1) is 5.92 Å². The molecule has 2 N–H and O–H groups in total. The fraction of sp³-hybridized carbons (Fsp3) is 0.857.